The maximum atomic E-state index is 12.3. The Morgan fingerprint density at radius 1 is 0.530 bits per heavy atom. The van der Waals surface area contributed by atoms with Crippen LogP contribution in [0.4, 0.5) is 0 Å². The van der Waals surface area contributed by atoms with E-state index < -0.39 is 107 Å². The van der Waals surface area contributed by atoms with Crippen molar-refractivity contribution >= 4 is 116 Å². The number of aliphatic hydroxyl groups excluding tert-OH is 3. The molecule has 27 nitrogen and oxygen atoms in total. The van der Waals surface area contributed by atoms with Crippen molar-refractivity contribution in [3.8, 4) is 0 Å². The monoisotopic (exact) mass is 1510 g/mol. The van der Waals surface area contributed by atoms with Crippen molar-refractivity contribution in [2.75, 3.05) is 90.8 Å². The Kier molecular flexibility index (Phi) is 53.9. The Bertz CT molecular complexity index is 2570. The number of hydrogen-bond donors (Lipinski definition) is 5. The lowest BCUT2D eigenvalue weighted by Crippen LogP contribution is -2.66. The summed E-state index contributed by atoms with van der Waals surface area (Å²) in [5, 5.41) is 34.9. The molecular weight excluding hydrogens is 1400 g/mol. The molecule has 32 heteroatoms. The molecule has 2 fully saturated rings. The number of nitrogens with zero attached hydrogens (tertiary/aromatic N) is 2. The van der Waals surface area contributed by atoms with E-state index in [-0.39, 0.29) is 70.2 Å². The van der Waals surface area contributed by atoms with Crippen molar-refractivity contribution in [2.24, 2.45) is 0 Å². The van der Waals surface area contributed by atoms with E-state index in [4.69, 9.17) is 77.5 Å². The van der Waals surface area contributed by atoms with Crippen molar-refractivity contribution in [3.63, 3.8) is 0 Å². The van der Waals surface area contributed by atoms with Crippen LogP contribution < -0.4 is 10.6 Å². The number of esters is 3. The summed E-state index contributed by atoms with van der Waals surface area (Å²) in [5.74, 6) is -0.919. The van der Waals surface area contributed by atoms with Crippen LogP contribution in [-0.4, -0.2) is 234 Å². The van der Waals surface area contributed by atoms with Gasteiger partial charge in [-0.3, -0.25) is 52.8 Å². The third-order valence-electron chi connectivity index (χ3n) is 14.8. The maximum Gasteiger partial charge on any atom is 0.303 e. The van der Waals surface area contributed by atoms with E-state index in [1.165, 1.54) is 69.9 Å². The molecule has 5 N–H and O–H groups in total. The van der Waals surface area contributed by atoms with Gasteiger partial charge in [0.1, 0.15) is 71.4 Å². The van der Waals surface area contributed by atoms with Crippen molar-refractivity contribution in [3.05, 3.63) is 33.7 Å². The molecular formula is C68H112N4O23S5. The van der Waals surface area contributed by atoms with Gasteiger partial charge in [-0.2, -0.15) is 0 Å². The maximum absolute atomic E-state index is 12.3. The van der Waals surface area contributed by atoms with Crippen LogP contribution >= 0.6 is 59.3 Å². The Morgan fingerprint density at radius 2 is 0.960 bits per heavy atom. The average molecular weight is 1510 g/mol. The number of rotatable bonds is 53. The van der Waals surface area contributed by atoms with Crippen LogP contribution in [0.1, 0.15) is 185 Å². The van der Waals surface area contributed by atoms with E-state index in [1.54, 1.807) is 11.8 Å². The first-order valence-electron chi connectivity index (χ1n) is 33.6. The fraction of sp³-hybridized carbons (Fsp3) is 0.794. The van der Waals surface area contributed by atoms with Gasteiger partial charge < -0.3 is 78.1 Å². The number of thiocarbonyl (C=S) groups is 1. The van der Waals surface area contributed by atoms with Gasteiger partial charge in [0.15, 0.2) is 36.4 Å². The normalized spacial score (nSPS) is 21.3. The molecule has 2 aliphatic rings. The number of aliphatic hydroxyl groups is 3. The zero-order valence-electron chi connectivity index (χ0n) is 59.1. The van der Waals surface area contributed by atoms with Gasteiger partial charge in [0.25, 0.3) is 9.74 Å². The Hall–Kier alpha value is -4.20. The number of Topliss-reactive ketones (excluding diaryl/α,β-unsaturated/α-hetero) is 4. The lowest BCUT2D eigenvalue weighted by molar-refractivity contribution is -0.277. The van der Waals surface area contributed by atoms with Gasteiger partial charge in [0.2, 0.25) is 11.8 Å². The third-order valence-corrected chi connectivity index (χ3v) is 19.6. The number of carbonyl (C=O) groups excluding carboxylic acids is 9. The molecule has 2 amide bonds. The Morgan fingerprint density at radius 3 is 1.41 bits per heavy atom. The van der Waals surface area contributed by atoms with Gasteiger partial charge >= 0.3 is 17.9 Å². The molecule has 2 rings (SSSR count). The Balaban J connectivity index is 0.00000197. The van der Waals surface area contributed by atoms with Gasteiger partial charge in [0, 0.05) is 130 Å². The summed E-state index contributed by atoms with van der Waals surface area (Å²) >= 11 is 11.2. The second kappa shape index (κ2) is 56.2. The van der Waals surface area contributed by atoms with Gasteiger partial charge in [0.05, 0.1) is 33.0 Å². The van der Waals surface area contributed by atoms with Crippen LogP contribution in [0.2, 0.25) is 0 Å². The lowest BCUT2D eigenvalue weighted by atomic mass is 9.96. The molecule has 0 spiro atoms. The van der Waals surface area contributed by atoms with E-state index in [0.717, 1.165) is 45.0 Å². The first kappa shape index (κ1) is 95.8. The number of ether oxygens (including phenoxy) is 11. The highest BCUT2D eigenvalue weighted by Gasteiger charge is 2.51. The zero-order valence-corrected chi connectivity index (χ0v) is 63.1. The molecule has 2 heterocycles. The summed E-state index contributed by atoms with van der Waals surface area (Å²) in [7, 11) is 0. The van der Waals surface area contributed by atoms with Crippen molar-refractivity contribution < 1.29 is 111 Å². The highest BCUT2D eigenvalue weighted by Crippen LogP contribution is 2.41. The molecule has 2 saturated heterocycles. The molecule has 0 saturated carbocycles. The molecule has 0 aliphatic carbocycles. The van der Waals surface area contributed by atoms with Crippen molar-refractivity contribution in [1.82, 2.24) is 10.6 Å². The van der Waals surface area contributed by atoms with Gasteiger partial charge in [-0.05, 0) is 73.6 Å². The molecule has 2 unspecified atom stereocenters. The molecule has 2 aliphatic heterocycles. The standard InChI is InChI=1S/C37H58N2O13S2.C30H50N2O10S3.CH4/c1-9-53-29(6)54-37(7,38-8)18-17-30(44)16-14-19-46-21-22-47-23-31(45)15-12-10-11-13-20-48-36-33(39-25(2)40)35(51-28(5)43)34(50-27(4)42)32(52-36)24-49-26(3)41;1-5-44-29(43)45-30(3,31-4)14-13-22(35)12-10-15-39-17-18-40-20-23(36)11-8-6-7-9-16-41-28-25(32-21(2)34)27(38)26(37)24(19-33)42-28;/h32-36H,6,9-24H2,1-5,7H3,(H,39,40);24-28,33,37-38H,5-20H2,1-3H3,(H,32,34);1H4/t32-,33-,34+,35-,36-,37?;24-,25-,26+,27-,28-,30?;/m11./s1. The number of carbonyl (C=O) groups is 9. The summed E-state index contributed by atoms with van der Waals surface area (Å²) in [6, 6.07) is -1.99. The summed E-state index contributed by atoms with van der Waals surface area (Å²) in [4.78, 5) is 114. The number of thioether (sulfide) groups is 4. The second-order valence-electron chi connectivity index (χ2n) is 23.7. The Labute approximate surface area is 614 Å². The second-order valence-corrected chi connectivity index (χ2v) is 30.8. The number of nitrogens with one attached hydrogen (secondary N) is 2. The number of unbranched alkanes of at least 4 members (excludes halogenated alkanes) is 6. The minimum atomic E-state index is -1.35. The minimum Gasteiger partial charge on any atom is -0.463 e. The van der Waals surface area contributed by atoms with Crippen LogP contribution in [0.15, 0.2) is 10.8 Å². The summed E-state index contributed by atoms with van der Waals surface area (Å²) in [5.41, 5.74) is 0. The molecule has 0 aromatic heterocycles. The van der Waals surface area contributed by atoms with E-state index in [2.05, 4.69) is 26.9 Å². The van der Waals surface area contributed by atoms with Gasteiger partial charge in [-0.1, -0.05) is 65.8 Å². The molecule has 572 valence electrons. The average Bonchev–Trinajstić information content (AvgIpc) is 0.792. The first-order valence-corrected chi connectivity index (χ1v) is 37.6. The van der Waals surface area contributed by atoms with Crippen molar-refractivity contribution in [2.45, 2.75) is 256 Å². The molecule has 0 bridgehead atoms. The van der Waals surface area contributed by atoms with E-state index >= 15 is 0 Å². The summed E-state index contributed by atoms with van der Waals surface area (Å²) < 4.78 is 62.5. The SMILES string of the molecule is C.[C-]#[N+]C(C)(CCC(=O)CCCOCCOCC(=O)CCCCCCO[C@@H]1O[C@H](CO)[C@H](O)[C@H](O)[C@H]1NC(C)=O)SC(=S)SCC.[C-]#[N+]C(C)(CCC(=O)CCCOCCOCC(=O)CCCCCCO[C@@H]1O[C@H](COC(C)=O)[C@H](OC(C)=O)[C@H](OC(C)=O)[C@H]1NC(C)=O)SC(=C)SCC. The van der Waals surface area contributed by atoms with Crippen LogP contribution in [0.5, 0.6) is 0 Å². The fourth-order valence-corrected chi connectivity index (χ4v) is 14.8. The molecule has 12 atom stereocenters. The fourth-order valence-electron chi connectivity index (χ4n) is 9.71. The quantitative estimate of drug-likeness (QED) is 0.0125. The molecule has 0 aromatic rings. The van der Waals surface area contributed by atoms with Crippen LogP contribution in [-0.2, 0) is 95.3 Å². The smallest absolute Gasteiger partial charge is 0.303 e. The first-order chi connectivity index (χ1) is 47.1. The molecule has 100 heavy (non-hydrogen) atoms. The van der Waals surface area contributed by atoms with E-state index in [1.807, 2.05) is 27.7 Å². The van der Waals surface area contributed by atoms with Crippen LogP contribution in [0, 0.1) is 13.1 Å². The minimum absolute atomic E-state index is 0. The van der Waals surface area contributed by atoms with Crippen LogP contribution in [0.3, 0.4) is 0 Å². The molecule has 0 aromatic carbocycles. The van der Waals surface area contributed by atoms with Gasteiger partial charge in [-0.25, -0.2) is 13.1 Å². The lowest BCUT2D eigenvalue weighted by Gasteiger charge is -2.44. The predicted molar refractivity (Wildman–Crippen MR) is 388 cm³/mol. The number of amides is 2. The molecule has 0 radical (unpaired) electrons. The van der Waals surface area contributed by atoms with E-state index in [0.29, 0.717) is 123 Å². The highest BCUT2D eigenvalue weighted by molar-refractivity contribution is 8.47. The summed E-state index contributed by atoms with van der Waals surface area (Å²) in [6.45, 7) is 34.5. The van der Waals surface area contributed by atoms with Gasteiger partial charge in [-0.15, -0.1) is 23.5 Å². The predicted octanol–water partition coefficient (Wildman–Crippen LogP) is 8.61. The zero-order chi connectivity index (χ0) is 74.2. The summed E-state index contributed by atoms with van der Waals surface area (Å²) in [6.07, 6.45) is 0.742. The number of ketones is 4. The van der Waals surface area contributed by atoms with Crippen LogP contribution in [0.25, 0.3) is 9.69 Å². The van der Waals surface area contributed by atoms with Crippen molar-refractivity contribution in [1.29, 1.82) is 0 Å². The number of hydrogen-bond acceptors (Lipinski definition) is 28. The largest absolute Gasteiger partial charge is 0.463 e. The topological polar surface area (TPSA) is 349 Å². The highest BCUT2D eigenvalue weighted by atomic mass is 32.2. The van der Waals surface area contributed by atoms with E-state index in [9.17, 15) is 58.5 Å². The third kappa shape index (κ3) is 44.5.